The van der Waals surface area contributed by atoms with Crippen molar-refractivity contribution in [2.24, 2.45) is 0 Å². The van der Waals surface area contributed by atoms with E-state index in [1.807, 2.05) is 30.3 Å². The molecule has 2 aromatic heterocycles. The molecule has 0 N–H and O–H groups in total. The summed E-state index contributed by atoms with van der Waals surface area (Å²) in [7, 11) is 0. The van der Waals surface area contributed by atoms with Crippen LogP contribution in [0.5, 0.6) is 0 Å². The van der Waals surface area contributed by atoms with Gasteiger partial charge < -0.3 is 4.42 Å². The molecule has 0 amide bonds. The van der Waals surface area contributed by atoms with E-state index in [4.69, 9.17) is 4.42 Å². The first-order valence-electron chi connectivity index (χ1n) is 9.71. The van der Waals surface area contributed by atoms with Crippen LogP contribution in [-0.4, -0.2) is 16.1 Å². The van der Waals surface area contributed by atoms with Crippen LogP contribution in [-0.2, 0) is 0 Å². The third kappa shape index (κ3) is 2.28. The van der Waals surface area contributed by atoms with Gasteiger partial charge in [0.15, 0.2) is 11.6 Å². The maximum atomic E-state index is 12.7. The van der Waals surface area contributed by atoms with Gasteiger partial charge in [-0.3, -0.25) is 14.2 Å². The Morgan fingerprint density at radius 3 is 1.77 bits per heavy atom. The summed E-state index contributed by atoms with van der Waals surface area (Å²) in [6.07, 6.45) is 1.54. The van der Waals surface area contributed by atoms with Gasteiger partial charge >= 0.3 is 0 Å². The minimum atomic E-state index is -0.259. The molecular weight excluding hydrogens is 374 g/mol. The van der Waals surface area contributed by atoms with Gasteiger partial charge in [0.2, 0.25) is 5.88 Å². The van der Waals surface area contributed by atoms with Gasteiger partial charge in [-0.1, -0.05) is 60.7 Å². The quantitative estimate of drug-likeness (QED) is 0.282. The summed E-state index contributed by atoms with van der Waals surface area (Å²) in [6, 6.07) is 26.9. The summed E-state index contributed by atoms with van der Waals surface area (Å²) in [5.41, 5.74) is 3.10. The van der Waals surface area contributed by atoms with Gasteiger partial charge in [0, 0.05) is 28.0 Å². The molecule has 6 rings (SSSR count). The number of allylic oxidation sites excluding steroid dienone is 1. The average molecular weight is 389 g/mol. The van der Waals surface area contributed by atoms with E-state index >= 15 is 0 Å². The van der Waals surface area contributed by atoms with Crippen LogP contribution >= 0.6 is 0 Å². The molecule has 0 fully saturated rings. The highest BCUT2D eigenvalue weighted by Gasteiger charge is 2.32. The minimum absolute atomic E-state index is 0.138. The van der Waals surface area contributed by atoms with Crippen LogP contribution in [0.25, 0.3) is 33.8 Å². The minimum Gasteiger partial charge on any atom is -0.440 e. The largest absolute Gasteiger partial charge is 0.440 e. The topological polar surface area (TPSA) is 52.2 Å². The maximum absolute atomic E-state index is 12.7. The number of nitrogens with zero attached hydrogens (tertiary/aromatic N) is 1. The molecule has 0 unspecified atom stereocenters. The second-order valence-corrected chi connectivity index (χ2v) is 7.31. The van der Waals surface area contributed by atoms with Crippen LogP contribution in [0.15, 0.2) is 94.9 Å². The van der Waals surface area contributed by atoms with Crippen LogP contribution < -0.4 is 0 Å². The highest BCUT2D eigenvalue weighted by atomic mass is 16.4. The summed E-state index contributed by atoms with van der Waals surface area (Å²) in [4.78, 5) is 25.3. The summed E-state index contributed by atoms with van der Waals surface area (Å²) < 4.78 is 8.14. The number of rotatable bonds is 2. The molecule has 0 atom stereocenters. The van der Waals surface area contributed by atoms with Gasteiger partial charge in [0.1, 0.15) is 5.76 Å². The molecule has 3 aromatic carbocycles. The van der Waals surface area contributed by atoms with Crippen molar-refractivity contribution in [3.8, 4) is 5.88 Å². The monoisotopic (exact) mass is 389 g/mol. The Bertz CT molecular complexity index is 1440. The van der Waals surface area contributed by atoms with Gasteiger partial charge in [-0.15, -0.1) is 0 Å². The zero-order valence-electron chi connectivity index (χ0n) is 15.8. The third-order valence-corrected chi connectivity index (χ3v) is 5.61. The Labute approximate surface area is 171 Å². The lowest BCUT2D eigenvalue weighted by molar-refractivity contribution is 0.0990. The molecule has 142 valence electrons. The van der Waals surface area contributed by atoms with Gasteiger partial charge in [-0.2, -0.15) is 0 Å². The van der Waals surface area contributed by atoms with Crippen LogP contribution in [0.2, 0.25) is 0 Å². The standard InChI is InChI=1S/C26H15NO3/c28-25-19-9-1-2-10-20(19)26(29)21(25)15-16-13-14-24(30-16)27-22-11-5-3-7-17(22)18-8-4-6-12-23(18)27/h1-15H. The lowest BCUT2D eigenvalue weighted by Gasteiger charge is -2.03. The van der Waals surface area contributed by atoms with Gasteiger partial charge in [-0.05, 0) is 24.3 Å². The van der Waals surface area contributed by atoms with Crippen LogP contribution in [0, 0.1) is 0 Å². The first-order valence-corrected chi connectivity index (χ1v) is 9.71. The number of carbonyl (C=O) groups excluding carboxylic acids is 2. The number of furan rings is 1. The fourth-order valence-corrected chi connectivity index (χ4v) is 4.25. The van der Waals surface area contributed by atoms with E-state index in [-0.39, 0.29) is 17.1 Å². The van der Waals surface area contributed by atoms with Crippen LogP contribution in [0.3, 0.4) is 0 Å². The lowest BCUT2D eigenvalue weighted by atomic mass is 10.1. The average Bonchev–Trinajstić information content (AvgIpc) is 3.44. The fourth-order valence-electron chi connectivity index (χ4n) is 4.25. The predicted octanol–water partition coefficient (Wildman–Crippen LogP) is 5.84. The molecule has 4 heteroatoms. The molecule has 0 saturated heterocycles. The smallest absolute Gasteiger partial charge is 0.205 e. The SMILES string of the molecule is O=C1C(=Cc2ccc(-n3c4ccccc4c4ccccc43)o2)C(=O)c2ccccc21. The van der Waals surface area contributed by atoms with E-state index in [0.717, 1.165) is 21.8 Å². The number of aromatic nitrogens is 1. The van der Waals surface area contributed by atoms with Crippen molar-refractivity contribution in [1.82, 2.24) is 4.57 Å². The Balaban J connectivity index is 1.49. The Morgan fingerprint density at radius 2 is 1.17 bits per heavy atom. The highest BCUT2D eigenvalue weighted by Crippen LogP contribution is 2.33. The molecule has 0 radical (unpaired) electrons. The molecule has 30 heavy (non-hydrogen) atoms. The second-order valence-electron chi connectivity index (χ2n) is 7.31. The molecule has 0 saturated carbocycles. The fraction of sp³-hybridized carbons (Fsp3) is 0. The summed E-state index contributed by atoms with van der Waals surface area (Å²) in [6.45, 7) is 0. The predicted molar refractivity (Wildman–Crippen MR) is 116 cm³/mol. The van der Waals surface area contributed by atoms with Crippen molar-refractivity contribution in [3.63, 3.8) is 0 Å². The summed E-state index contributed by atoms with van der Waals surface area (Å²) in [5.74, 6) is 0.585. The molecule has 0 spiro atoms. The molecule has 1 aliphatic carbocycles. The zero-order chi connectivity index (χ0) is 20.2. The van der Waals surface area contributed by atoms with E-state index in [1.165, 1.54) is 0 Å². The van der Waals surface area contributed by atoms with Crippen molar-refractivity contribution in [2.75, 3.05) is 0 Å². The molecule has 1 aliphatic rings. The number of fused-ring (bicyclic) bond motifs is 4. The molecule has 0 bridgehead atoms. The van der Waals surface area contributed by atoms with E-state index in [0.29, 0.717) is 22.8 Å². The van der Waals surface area contributed by atoms with Gasteiger partial charge in [-0.25, -0.2) is 0 Å². The van der Waals surface area contributed by atoms with Crippen molar-refractivity contribution in [2.45, 2.75) is 0 Å². The van der Waals surface area contributed by atoms with Crippen molar-refractivity contribution in [1.29, 1.82) is 0 Å². The van der Waals surface area contributed by atoms with E-state index in [9.17, 15) is 9.59 Å². The molecule has 5 aromatic rings. The third-order valence-electron chi connectivity index (χ3n) is 5.61. The number of para-hydroxylation sites is 2. The van der Waals surface area contributed by atoms with Crippen molar-refractivity contribution >= 4 is 39.4 Å². The van der Waals surface area contributed by atoms with Gasteiger partial charge in [0.05, 0.1) is 16.6 Å². The Hall–Kier alpha value is -4.18. The summed E-state index contributed by atoms with van der Waals surface area (Å²) in [5, 5.41) is 2.28. The first kappa shape index (κ1) is 16.7. The second kappa shape index (κ2) is 6.16. The number of hydrogen-bond donors (Lipinski definition) is 0. The molecule has 2 heterocycles. The number of hydrogen-bond acceptors (Lipinski definition) is 3. The zero-order valence-corrected chi connectivity index (χ0v) is 15.8. The van der Waals surface area contributed by atoms with Gasteiger partial charge in [0.25, 0.3) is 0 Å². The van der Waals surface area contributed by atoms with E-state index in [1.54, 1.807) is 36.4 Å². The number of ketones is 2. The molecule has 4 nitrogen and oxygen atoms in total. The normalized spacial score (nSPS) is 13.4. The summed E-state index contributed by atoms with van der Waals surface area (Å²) >= 11 is 0. The van der Waals surface area contributed by atoms with E-state index < -0.39 is 0 Å². The lowest BCUT2D eigenvalue weighted by Crippen LogP contribution is -1.99. The number of Topliss-reactive ketones (excluding diaryl/α,β-unsaturated/α-hetero) is 2. The van der Waals surface area contributed by atoms with E-state index in [2.05, 4.69) is 28.8 Å². The van der Waals surface area contributed by atoms with Crippen molar-refractivity contribution < 1.29 is 14.0 Å². The highest BCUT2D eigenvalue weighted by molar-refractivity contribution is 6.41. The van der Waals surface area contributed by atoms with Crippen LogP contribution in [0.4, 0.5) is 0 Å². The van der Waals surface area contributed by atoms with Crippen molar-refractivity contribution in [3.05, 3.63) is 107 Å². The number of carbonyl (C=O) groups is 2. The molecular formula is C26H15NO3. The van der Waals surface area contributed by atoms with Crippen LogP contribution in [0.1, 0.15) is 26.5 Å². The maximum Gasteiger partial charge on any atom is 0.205 e. The number of benzene rings is 3. The first-order chi connectivity index (χ1) is 14.7. The Kier molecular flexibility index (Phi) is 3.44. The Morgan fingerprint density at radius 1 is 0.633 bits per heavy atom. The molecule has 0 aliphatic heterocycles.